The number of rotatable bonds is 7. The highest BCUT2D eigenvalue weighted by molar-refractivity contribution is 6.00. The number of fused-ring (bicyclic) bond motifs is 1. The van der Waals surface area contributed by atoms with Crippen LogP contribution in [0.3, 0.4) is 0 Å². The van der Waals surface area contributed by atoms with Crippen LogP contribution in [0.15, 0.2) is 127 Å². The number of aromatic nitrogens is 1. The summed E-state index contributed by atoms with van der Waals surface area (Å²) >= 11 is 0. The first-order valence-corrected chi connectivity index (χ1v) is 12.5. The highest BCUT2D eigenvalue weighted by Crippen LogP contribution is 2.54. The fourth-order valence-electron chi connectivity index (χ4n) is 5.03. The maximum Gasteiger partial charge on any atom is 0.131 e. The van der Waals surface area contributed by atoms with Gasteiger partial charge in [0.05, 0.1) is 5.41 Å². The van der Waals surface area contributed by atoms with Gasteiger partial charge in [-0.2, -0.15) is 0 Å². The standard InChI is InChI=1S/C34H27NO/c36-25-34(20-21-34)32(28-16-8-3-9-17-28)22-30(27-14-6-2-7-15-27)31-24-35(23-26-12-4-1-5-13-26)33-19-11-10-18-29(31)33/h1-19,24-25H,20-21,23H2. The first-order chi connectivity index (χ1) is 17.8. The monoisotopic (exact) mass is 465 g/mol. The van der Waals surface area contributed by atoms with Gasteiger partial charge < -0.3 is 9.36 Å². The van der Waals surface area contributed by atoms with Gasteiger partial charge in [-0.1, -0.05) is 109 Å². The molecule has 1 aromatic heterocycles. The number of benzene rings is 4. The first-order valence-electron chi connectivity index (χ1n) is 12.5. The Kier molecular flexibility index (Phi) is 5.73. The van der Waals surface area contributed by atoms with Crippen LogP contribution in [0.1, 0.15) is 35.1 Å². The Balaban J connectivity index is 1.64. The maximum absolute atomic E-state index is 12.3. The molecule has 0 radical (unpaired) electrons. The second kappa shape index (κ2) is 9.34. The predicted molar refractivity (Wildman–Crippen MR) is 148 cm³/mol. The summed E-state index contributed by atoms with van der Waals surface area (Å²) in [6, 6.07) is 39.8. The molecule has 0 atom stereocenters. The fourth-order valence-corrected chi connectivity index (χ4v) is 5.03. The van der Waals surface area contributed by atoms with Gasteiger partial charge in [-0.3, -0.25) is 0 Å². The van der Waals surface area contributed by atoms with Gasteiger partial charge in [-0.15, -0.1) is 5.73 Å². The molecule has 4 aromatic carbocycles. The Morgan fingerprint density at radius 2 is 1.33 bits per heavy atom. The molecule has 1 aliphatic rings. The number of hydrogen-bond donors (Lipinski definition) is 0. The number of aldehydes is 1. The lowest BCUT2D eigenvalue weighted by Gasteiger charge is -2.13. The van der Waals surface area contributed by atoms with Gasteiger partial charge in [-0.25, -0.2) is 0 Å². The molecule has 5 aromatic rings. The zero-order chi connectivity index (χ0) is 24.4. The van der Waals surface area contributed by atoms with E-state index in [0.717, 1.165) is 53.5 Å². The maximum atomic E-state index is 12.3. The molecule has 2 nitrogen and oxygen atoms in total. The average Bonchev–Trinajstić information content (AvgIpc) is 3.67. The van der Waals surface area contributed by atoms with E-state index < -0.39 is 5.41 Å². The van der Waals surface area contributed by atoms with Crippen LogP contribution >= 0.6 is 0 Å². The Hall–Kier alpha value is -4.39. The van der Waals surface area contributed by atoms with E-state index in [1.807, 2.05) is 24.3 Å². The van der Waals surface area contributed by atoms with Crippen LogP contribution in [-0.4, -0.2) is 10.9 Å². The van der Waals surface area contributed by atoms with E-state index in [1.54, 1.807) is 0 Å². The Morgan fingerprint density at radius 3 is 1.97 bits per heavy atom. The van der Waals surface area contributed by atoms with Crippen molar-refractivity contribution < 1.29 is 4.79 Å². The number of allylic oxidation sites excluding steroid dienone is 1. The first kappa shape index (κ1) is 22.1. The molecule has 0 saturated heterocycles. The minimum atomic E-state index is -0.455. The zero-order valence-electron chi connectivity index (χ0n) is 20.1. The van der Waals surface area contributed by atoms with E-state index in [-0.39, 0.29) is 0 Å². The minimum absolute atomic E-state index is 0.455. The molecule has 0 N–H and O–H groups in total. The number of carbonyl (C=O) groups excluding carboxylic acids is 1. The molecule has 1 saturated carbocycles. The van der Waals surface area contributed by atoms with E-state index in [1.165, 1.54) is 16.5 Å². The summed E-state index contributed by atoms with van der Waals surface area (Å²) in [5.74, 6) is 0. The zero-order valence-corrected chi connectivity index (χ0v) is 20.1. The minimum Gasteiger partial charge on any atom is -0.342 e. The van der Waals surface area contributed by atoms with Crippen molar-refractivity contribution in [2.45, 2.75) is 19.4 Å². The van der Waals surface area contributed by atoms with Gasteiger partial charge >= 0.3 is 0 Å². The summed E-state index contributed by atoms with van der Waals surface area (Å²) < 4.78 is 2.32. The van der Waals surface area contributed by atoms with E-state index in [4.69, 9.17) is 0 Å². The van der Waals surface area contributed by atoms with E-state index in [2.05, 4.69) is 107 Å². The lowest BCUT2D eigenvalue weighted by Crippen LogP contribution is -2.05. The van der Waals surface area contributed by atoms with E-state index in [9.17, 15) is 4.79 Å². The van der Waals surface area contributed by atoms with Crippen molar-refractivity contribution >= 4 is 28.3 Å². The van der Waals surface area contributed by atoms with Crippen LogP contribution in [0, 0.1) is 5.41 Å². The summed E-state index contributed by atoms with van der Waals surface area (Å²) in [5.41, 5.74) is 11.1. The molecule has 0 amide bonds. The van der Waals surface area contributed by atoms with Crippen molar-refractivity contribution in [3.63, 3.8) is 0 Å². The Morgan fingerprint density at radius 1 is 0.750 bits per heavy atom. The second-order valence-corrected chi connectivity index (χ2v) is 9.55. The Labute approximate surface area is 211 Å². The summed E-state index contributed by atoms with van der Waals surface area (Å²) in [6.07, 6.45) is 5.11. The number of nitrogens with zero attached hydrogens (tertiary/aromatic N) is 1. The van der Waals surface area contributed by atoms with Gasteiger partial charge in [0, 0.05) is 40.4 Å². The van der Waals surface area contributed by atoms with Gasteiger partial charge in [0.15, 0.2) is 0 Å². The van der Waals surface area contributed by atoms with Gasteiger partial charge in [0.2, 0.25) is 0 Å². The third-order valence-corrected chi connectivity index (χ3v) is 7.14. The van der Waals surface area contributed by atoms with Gasteiger partial charge in [0.1, 0.15) is 6.29 Å². The third-order valence-electron chi connectivity index (χ3n) is 7.14. The quantitative estimate of drug-likeness (QED) is 0.178. The van der Waals surface area contributed by atoms with Crippen LogP contribution in [0.4, 0.5) is 0 Å². The lowest BCUT2D eigenvalue weighted by atomic mass is 9.88. The van der Waals surface area contributed by atoms with E-state index in [0.29, 0.717) is 0 Å². The molecule has 36 heavy (non-hydrogen) atoms. The molecule has 2 heteroatoms. The number of hydrogen-bond acceptors (Lipinski definition) is 1. The summed E-state index contributed by atoms with van der Waals surface area (Å²) in [7, 11) is 0. The smallest absolute Gasteiger partial charge is 0.131 e. The molecule has 0 bridgehead atoms. The van der Waals surface area contributed by atoms with Crippen LogP contribution in [0.25, 0.3) is 22.0 Å². The van der Waals surface area contributed by atoms with Crippen LogP contribution in [-0.2, 0) is 11.3 Å². The predicted octanol–water partition coefficient (Wildman–Crippen LogP) is 7.78. The van der Waals surface area contributed by atoms with Crippen molar-refractivity contribution in [2.75, 3.05) is 0 Å². The molecule has 174 valence electrons. The average molecular weight is 466 g/mol. The molecule has 0 spiro atoms. The summed E-state index contributed by atoms with van der Waals surface area (Å²) in [4.78, 5) is 12.3. The Bertz CT molecular complexity index is 1580. The second-order valence-electron chi connectivity index (χ2n) is 9.55. The SMILES string of the molecule is O=CC1(C(=C=C(c2ccccc2)c2cn(Cc3ccccc3)c3ccccc23)c2ccccc2)CC1. The lowest BCUT2D eigenvalue weighted by molar-refractivity contribution is -0.110. The molecule has 0 aliphatic heterocycles. The van der Waals surface area contributed by atoms with Gasteiger partial charge in [-0.05, 0) is 35.6 Å². The largest absolute Gasteiger partial charge is 0.342 e. The van der Waals surface area contributed by atoms with E-state index >= 15 is 0 Å². The topological polar surface area (TPSA) is 22.0 Å². The highest BCUT2D eigenvalue weighted by atomic mass is 16.1. The summed E-state index contributed by atoms with van der Waals surface area (Å²) in [5, 5.41) is 1.18. The number of para-hydroxylation sites is 1. The van der Waals surface area contributed by atoms with Gasteiger partial charge in [0.25, 0.3) is 0 Å². The van der Waals surface area contributed by atoms with Crippen LogP contribution in [0.2, 0.25) is 0 Å². The van der Waals surface area contributed by atoms with Crippen molar-refractivity contribution in [1.29, 1.82) is 0 Å². The molecule has 1 heterocycles. The normalized spacial score (nSPS) is 13.7. The van der Waals surface area contributed by atoms with Crippen molar-refractivity contribution in [1.82, 2.24) is 4.57 Å². The number of carbonyl (C=O) groups is 1. The van der Waals surface area contributed by atoms with Crippen LogP contribution < -0.4 is 0 Å². The highest BCUT2D eigenvalue weighted by Gasteiger charge is 2.46. The molecule has 6 rings (SSSR count). The summed E-state index contributed by atoms with van der Waals surface area (Å²) in [6.45, 7) is 0.789. The van der Waals surface area contributed by atoms with Crippen LogP contribution in [0.5, 0.6) is 0 Å². The fraction of sp³-hybridized carbons (Fsp3) is 0.118. The third kappa shape index (κ3) is 4.13. The van der Waals surface area contributed by atoms with Crippen molar-refractivity contribution in [3.8, 4) is 0 Å². The molecular weight excluding hydrogens is 438 g/mol. The van der Waals surface area contributed by atoms with Crippen molar-refractivity contribution in [2.24, 2.45) is 5.41 Å². The molecular formula is C34H27NO. The molecule has 0 unspecified atom stereocenters. The molecule has 1 aliphatic carbocycles. The van der Waals surface area contributed by atoms with Crippen molar-refractivity contribution in [3.05, 3.63) is 149 Å². The molecule has 1 fully saturated rings.